The largest absolute Gasteiger partial charge is 0.324 e. The fourth-order valence-electron chi connectivity index (χ4n) is 2.35. The van der Waals surface area contributed by atoms with Crippen LogP contribution >= 0.6 is 0 Å². The number of hydrogen-bond acceptors (Lipinski definition) is 5. The van der Waals surface area contributed by atoms with Crippen molar-refractivity contribution in [3.63, 3.8) is 0 Å². The highest BCUT2D eigenvalue weighted by atomic mass is 16.2. The van der Waals surface area contributed by atoms with Gasteiger partial charge in [-0.2, -0.15) is 0 Å². The number of Topliss-reactive ketones (excluding diaryl/α,β-unsaturated/α-hetero) is 1. The molecule has 2 aromatic carbocycles. The number of nitrogens with one attached hydrogen (secondary N) is 1. The first-order valence-electron chi connectivity index (χ1n) is 7.34. The van der Waals surface area contributed by atoms with Crippen molar-refractivity contribution >= 4 is 17.4 Å². The summed E-state index contributed by atoms with van der Waals surface area (Å²) in [5.41, 5.74) is 1.95. The van der Waals surface area contributed by atoms with Crippen LogP contribution in [0.1, 0.15) is 28.9 Å². The van der Waals surface area contributed by atoms with E-state index in [0.717, 1.165) is 5.56 Å². The fourth-order valence-corrected chi connectivity index (χ4v) is 2.35. The van der Waals surface area contributed by atoms with Crippen molar-refractivity contribution in [2.45, 2.75) is 13.0 Å². The molecule has 0 bridgehead atoms. The number of carbonyl (C=O) groups is 2. The molecule has 120 valence electrons. The molecule has 1 unspecified atom stereocenters. The molecular formula is C17H15N5O2. The summed E-state index contributed by atoms with van der Waals surface area (Å²) in [5.74, 6) is -0.298. The summed E-state index contributed by atoms with van der Waals surface area (Å²) in [6.45, 7) is 1.50. The van der Waals surface area contributed by atoms with E-state index in [1.165, 1.54) is 17.9 Å². The van der Waals surface area contributed by atoms with Gasteiger partial charge in [0.15, 0.2) is 11.8 Å². The SMILES string of the molecule is CC(=O)c1ccc(NC(=O)C(c2ccccc2)n2cnnn2)cc1. The molecule has 24 heavy (non-hydrogen) atoms. The van der Waals surface area contributed by atoms with Gasteiger partial charge in [-0.3, -0.25) is 9.59 Å². The first-order chi connectivity index (χ1) is 11.6. The number of carbonyl (C=O) groups excluding carboxylic acids is 2. The average Bonchev–Trinajstić information content (AvgIpc) is 3.10. The van der Waals surface area contributed by atoms with Crippen LogP contribution in [0.5, 0.6) is 0 Å². The molecule has 1 heterocycles. The minimum atomic E-state index is -0.686. The van der Waals surface area contributed by atoms with E-state index in [1.54, 1.807) is 24.3 Å². The Balaban J connectivity index is 1.85. The third-order valence-electron chi connectivity index (χ3n) is 3.55. The van der Waals surface area contributed by atoms with Gasteiger partial charge in [-0.05, 0) is 47.2 Å². The molecule has 3 rings (SSSR count). The molecule has 0 radical (unpaired) electrons. The highest BCUT2D eigenvalue weighted by Gasteiger charge is 2.23. The van der Waals surface area contributed by atoms with Crippen LogP contribution in [-0.2, 0) is 4.79 Å². The van der Waals surface area contributed by atoms with E-state index in [0.29, 0.717) is 11.3 Å². The van der Waals surface area contributed by atoms with Gasteiger partial charge in [0.25, 0.3) is 5.91 Å². The second-order valence-electron chi connectivity index (χ2n) is 5.23. The molecule has 1 atom stereocenters. The molecule has 7 heteroatoms. The molecule has 0 spiro atoms. The van der Waals surface area contributed by atoms with Crippen molar-refractivity contribution in [3.05, 3.63) is 72.1 Å². The monoisotopic (exact) mass is 321 g/mol. The lowest BCUT2D eigenvalue weighted by molar-refractivity contribution is -0.118. The van der Waals surface area contributed by atoms with Gasteiger partial charge < -0.3 is 5.32 Å². The summed E-state index contributed by atoms with van der Waals surface area (Å²) in [7, 11) is 0. The van der Waals surface area contributed by atoms with Gasteiger partial charge in [0.2, 0.25) is 0 Å². The lowest BCUT2D eigenvalue weighted by atomic mass is 10.1. The topological polar surface area (TPSA) is 89.8 Å². The molecule has 3 aromatic rings. The normalized spacial score (nSPS) is 11.7. The Hall–Kier alpha value is -3.35. The number of ketones is 1. The number of aromatic nitrogens is 4. The standard InChI is InChI=1S/C17H15N5O2/c1-12(23)13-7-9-15(10-8-13)19-17(24)16(22-11-18-20-21-22)14-5-3-2-4-6-14/h2-11,16H,1H3,(H,19,24). The predicted octanol–water partition coefficient (Wildman–Crippen LogP) is 2.10. The summed E-state index contributed by atoms with van der Waals surface area (Å²) in [6, 6.07) is 15.3. The van der Waals surface area contributed by atoms with Gasteiger partial charge in [-0.25, -0.2) is 4.68 Å². The van der Waals surface area contributed by atoms with Gasteiger partial charge in [0.05, 0.1) is 0 Å². The number of amides is 1. The molecule has 7 nitrogen and oxygen atoms in total. The maximum absolute atomic E-state index is 12.7. The molecule has 0 aliphatic rings. The quantitative estimate of drug-likeness (QED) is 0.727. The average molecular weight is 321 g/mol. The van der Waals surface area contributed by atoms with E-state index in [4.69, 9.17) is 0 Å². The van der Waals surface area contributed by atoms with Gasteiger partial charge in [-0.15, -0.1) is 5.10 Å². The van der Waals surface area contributed by atoms with Crippen LogP contribution in [0, 0.1) is 0 Å². The van der Waals surface area contributed by atoms with Crippen molar-refractivity contribution in [3.8, 4) is 0 Å². The van der Waals surface area contributed by atoms with Gasteiger partial charge in [-0.1, -0.05) is 30.3 Å². The van der Waals surface area contributed by atoms with Crippen LogP contribution in [0.2, 0.25) is 0 Å². The van der Waals surface area contributed by atoms with E-state index in [2.05, 4.69) is 20.8 Å². The zero-order valence-electron chi connectivity index (χ0n) is 13.0. The third-order valence-corrected chi connectivity index (χ3v) is 3.55. The minimum absolute atomic E-state index is 0.0243. The number of hydrogen-bond donors (Lipinski definition) is 1. The number of rotatable bonds is 5. The van der Waals surface area contributed by atoms with Crippen molar-refractivity contribution in [1.82, 2.24) is 20.2 Å². The van der Waals surface area contributed by atoms with E-state index in [9.17, 15) is 9.59 Å². The Morgan fingerprint density at radius 1 is 1.04 bits per heavy atom. The molecule has 0 aliphatic heterocycles. The first-order valence-corrected chi connectivity index (χ1v) is 7.34. The lowest BCUT2D eigenvalue weighted by Crippen LogP contribution is -2.27. The number of benzene rings is 2. The third kappa shape index (κ3) is 3.35. The van der Waals surface area contributed by atoms with E-state index < -0.39 is 6.04 Å². The van der Waals surface area contributed by atoms with Crippen LogP contribution in [0.3, 0.4) is 0 Å². The first kappa shape index (κ1) is 15.5. The summed E-state index contributed by atoms with van der Waals surface area (Å²) >= 11 is 0. The number of nitrogens with zero attached hydrogens (tertiary/aromatic N) is 4. The Kier molecular flexibility index (Phi) is 4.42. The van der Waals surface area contributed by atoms with E-state index >= 15 is 0 Å². The van der Waals surface area contributed by atoms with E-state index in [-0.39, 0.29) is 11.7 Å². The Labute approximate surface area is 138 Å². The maximum Gasteiger partial charge on any atom is 0.253 e. The van der Waals surface area contributed by atoms with Crippen LogP contribution in [0.4, 0.5) is 5.69 Å². The van der Waals surface area contributed by atoms with Crippen LogP contribution < -0.4 is 5.32 Å². The van der Waals surface area contributed by atoms with Gasteiger partial charge in [0.1, 0.15) is 6.33 Å². The minimum Gasteiger partial charge on any atom is -0.324 e. The summed E-state index contributed by atoms with van der Waals surface area (Å²) in [6.07, 6.45) is 1.40. The second-order valence-corrected chi connectivity index (χ2v) is 5.23. The van der Waals surface area contributed by atoms with Gasteiger partial charge in [0, 0.05) is 11.3 Å². The van der Waals surface area contributed by atoms with Gasteiger partial charge >= 0.3 is 0 Å². The zero-order valence-corrected chi connectivity index (χ0v) is 13.0. The molecule has 0 saturated carbocycles. The van der Waals surface area contributed by atoms with E-state index in [1.807, 2.05) is 30.3 Å². The smallest absolute Gasteiger partial charge is 0.253 e. The molecule has 0 saturated heterocycles. The lowest BCUT2D eigenvalue weighted by Gasteiger charge is -2.16. The summed E-state index contributed by atoms with van der Waals surface area (Å²) < 4.78 is 1.40. The highest BCUT2D eigenvalue weighted by molar-refractivity contribution is 5.97. The number of anilines is 1. The molecule has 1 aromatic heterocycles. The Bertz CT molecular complexity index is 829. The van der Waals surface area contributed by atoms with Crippen molar-refractivity contribution in [2.75, 3.05) is 5.32 Å². The maximum atomic E-state index is 12.7. The van der Waals surface area contributed by atoms with Crippen molar-refractivity contribution in [2.24, 2.45) is 0 Å². The molecule has 1 N–H and O–H groups in total. The summed E-state index contributed by atoms with van der Waals surface area (Å²) in [5, 5.41) is 13.9. The fraction of sp³-hybridized carbons (Fsp3) is 0.118. The molecular weight excluding hydrogens is 306 g/mol. The zero-order chi connectivity index (χ0) is 16.9. The van der Waals surface area contributed by atoms with Crippen LogP contribution in [0.25, 0.3) is 0 Å². The predicted molar refractivity (Wildman–Crippen MR) is 87.5 cm³/mol. The number of tetrazole rings is 1. The van der Waals surface area contributed by atoms with Crippen molar-refractivity contribution < 1.29 is 9.59 Å². The molecule has 1 amide bonds. The van der Waals surface area contributed by atoms with Crippen LogP contribution in [-0.4, -0.2) is 31.9 Å². The molecule has 0 fully saturated rings. The highest BCUT2D eigenvalue weighted by Crippen LogP contribution is 2.19. The summed E-state index contributed by atoms with van der Waals surface area (Å²) in [4.78, 5) is 24.1. The van der Waals surface area contributed by atoms with Crippen LogP contribution in [0.15, 0.2) is 60.9 Å². The second kappa shape index (κ2) is 6.82. The Morgan fingerprint density at radius 3 is 2.33 bits per heavy atom. The molecule has 0 aliphatic carbocycles. The Morgan fingerprint density at radius 2 is 1.75 bits per heavy atom. The van der Waals surface area contributed by atoms with Crippen molar-refractivity contribution in [1.29, 1.82) is 0 Å².